The molecule has 1 fully saturated rings. The van der Waals surface area contributed by atoms with Gasteiger partial charge in [0.05, 0.1) is 6.42 Å². The molecule has 0 radical (unpaired) electrons. The Labute approximate surface area is 118 Å². The van der Waals surface area contributed by atoms with Crippen molar-refractivity contribution in [2.75, 3.05) is 26.7 Å². The number of rotatable bonds is 5. The molecule has 0 spiro atoms. The molecule has 0 atom stereocenters. The number of amides is 1. The highest BCUT2D eigenvalue weighted by Gasteiger charge is 2.30. The molecule has 0 unspecified atom stereocenters. The van der Waals surface area contributed by atoms with Crippen LogP contribution in [0.15, 0.2) is 0 Å². The molecule has 0 aromatic heterocycles. The molecule has 3 nitrogen and oxygen atoms in total. The van der Waals surface area contributed by atoms with Crippen LogP contribution in [0, 0.1) is 5.92 Å². The monoisotopic (exact) mass is 302 g/mol. The average molecular weight is 303 g/mol. The first-order valence-electron chi connectivity index (χ1n) is 6.41. The quantitative estimate of drug-likeness (QED) is 0.846. The van der Waals surface area contributed by atoms with Crippen LogP contribution in [0.3, 0.4) is 0 Å². The van der Waals surface area contributed by atoms with E-state index < -0.39 is 19.0 Å². The first-order valence-corrected chi connectivity index (χ1v) is 6.41. The Hall–Kier alpha value is -0.490. The Morgan fingerprint density at radius 1 is 1.32 bits per heavy atom. The third-order valence-corrected chi connectivity index (χ3v) is 3.39. The topological polar surface area (TPSA) is 32.3 Å². The molecule has 1 saturated heterocycles. The molecular weight excluding hydrogens is 281 g/mol. The summed E-state index contributed by atoms with van der Waals surface area (Å²) >= 11 is 0. The van der Waals surface area contributed by atoms with Crippen LogP contribution in [0.4, 0.5) is 13.2 Å². The van der Waals surface area contributed by atoms with Gasteiger partial charge in [0.25, 0.3) is 0 Å². The second-order valence-electron chi connectivity index (χ2n) is 4.83. The van der Waals surface area contributed by atoms with Gasteiger partial charge in [0.2, 0.25) is 5.91 Å². The summed E-state index contributed by atoms with van der Waals surface area (Å²) < 4.78 is 36.0. The van der Waals surface area contributed by atoms with Gasteiger partial charge in [-0.3, -0.25) is 4.79 Å². The van der Waals surface area contributed by atoms with E-state index in [9.17, 15) is 18.0 Å². The summed E-state index contributed by atoms with van der Waals surface area (Å²) in [5.74, 6) is 0.225. The van der Waals surface area contributed by atoms with E-state index in [0.717, 1.165) is 25.8 Å². The Kier molecular flexibility index (Phi) is 8.41. The van der Waals surface area contributed by atoms with Crippen molar-refractivity contribution in [3.63, 3.8) is 0 Å². The lowest BCUT2D eigenvalue weighted by Gasteiger charge is -2.32. The van der Waals surface area contributed by atoms with Gasteiger partial charge < -0.3 is 10.2 Å². The number of piperidine rings is 1. The van der Waals surface area contributed by atoms with Crippen LogP contribution >= 0.6 is 12.4 Å². The SMILES string of the molecule is CNCCC1CCN(C(=O)CCC(F)(F)F)CC1.Cl. The summed E-state index contributed by atoms with van der Waals surface area (Å²) in [6.45, 7) is 2.16. The van der Waals surface area contributed by atoms with E-state index in [2.05, 4.69) is 5.32 Å². The van der Waals surface area contributed by atoms with Gasteiger partial charge in [-0.1, -0.05) is 0 Å². The fourth-order valence-electron chi connectivity index (χ4n) is 2.23. The fourth-order valence-corrected chi connectivity index (χ4v) is 2.23. The Balaban J connectivity index is 0.00000324. The molecule has 19 heavy (non-hydrogen) atoms. The summed E-state index contributed by atoms with van der Waals surface area (Å²) in [7, 11) is 1.90. The van der Waals surface area contributed by atoms with Crippen molar-refractivity contribution in [3.8, 4) is 0 Å². The molecule has 1 rings (SSSR count). The molecule has 0 bridgehead atoms. The van der Waals surface area contributed by atoms with Crippen LogP contribution in [0.25, 0.3) is 0 Å². The number of nitrogens with zero attached hydrogens (tertiary/aromatic N) is 1. The van der Waals surface area contributed by atoms with Gasteiger partial charge in [0, 0.05) is 19.5 Å². The Morgan fingerprint density at radius 3 is 2.37 bits per heavy atom. The van der Waals surface area contributed by atoms with Gasteiger partial charge in [0.15, 0.2) is 0 Å². The standard InChI is InChI=1S/C12H21F3N2O.ClH/c1-16-7-3-10-4-8-17(9-5-10)11(18)2-6-12(13,14)15;/h10,16H,2-9H2,1H3;1H. The van der Waals surface area contributed by atoms with E-state index in [1.165, 1.54) is 0 Å². The molecule has 0 aromatic rings. The van der Waals surface area contributed by atoms with Crippen LogP contribution in [-0.2, 0) is 4.79 Å². The van der Waals surface area contributed by atoms with Gasteiger partial charge in [-0.25, -0.2) is 0 Å². The number of halogens is 4. The lowest BCUT2D eigenvalue weighted by molar-refractivity contribution is -0.149. The van der Waals surface area contributed by atoms with E-state index in [0.29, 0.717) is 19.0 Å². The van der Waals surface area contributed by atoms with Crippen molar-refractivity contribution in [1.82, 2.24) is 10.2 Å². The Morgan fingerprint density at radius 2 is 1.89 bits per heavy atom. The highest BCUT2D eigenvalue weighted by atomic mass is 35.5. The van der Waals surface area contributed by atoms with Crippen molar-refractivity contribution >= 4 is 18.3 Å². The molecule has 0 saturated carbocycles. The van der Waals surface area contributed by atoms with Crippen molar-refractivity contribution in [2.24, 2.45) is 5.92 Å². The van der Waals surface area contributed by atoms with Crippen LogP contribution in [0.5, 0.6) is 0 Å². The van der Waals surface area contributed by atoms with E-state index in [1.807, 2.05) is 7.05 Å². The lowest BCUT2D eigenvalue weighted by atomic mass is 9.93. The van der Waals surface area contributed by atoms with Crippen LogP contribution < -0.4 is 5.32 Å². The molecule has 1 aliphatic heterocycles. The van der Waals surface area contributed by atoms with Crippen molar-refractivity contribution < 1.29 is 18.0 Å². The van der Waals surface area contributed by atoms with Gasteiger partial charge in [-0.2, -0.15) is 13.2 Å². The zero-order valence-electron chi connectivity index (χ0n) is 11.1. The summed E-state index contributed by atoms with van der Waals surface area (Å²) in [5.41, 5.74) is 0. The summed E-state index contributed by atoms with van der Waals surface area (Å²) in [6.07, 6.45) is -2.78. The third kappa shape index (κ3) is 7.62. The highest BCUT2D eigenvalue weighted by Crippen LogP contribution is 2.24. The number of alkyl halides is 3. The summed E-state index contributed by atoms with van der Waals surface area (Å²) in [4.78, 5) is 13.2. The predicted molar refractivity (Wildman–Crippen MR) is 70.4 cm³/mol. The molecule has 114 valence electrons. The number of carbonyl (C=O) groups excluding carboxylic acids is 1. The van der Waals surface area contributed by atoms with Crippen molar-refractivity contribution in [2.45, 2.75) is 38.3 Å². The number of hydrogen-bond acceptors (Lipinski definition) is 2. The van der Waals surface area contributed by atoms with Gasteiger partial charge in [0.1, 0.15) is 0 Å². The van der Waals surface area contributed by atoms with E-state index in [-0.39, 0.29) is 18.3 Å². The molecule has 1 amide bonds. The maximum atomic E-state index is 12.0. The molecule has 1 heterocycles. The van der Waals surface area contributed by atoms with Gasteiger partial charge in [-0.05, 0) is 38.8 Å². The molecular formula is C12H22ClF3N2O. The van der Waals surface area contributed by atoms with Crippen LogP contribution in [-0.4, -0.2) is 43.7 Å². The van der Waals surface area contributed by atoms with Gasteiger partial charge >= 0.3 is 6.18 Å². The highest BCUT2D eigenvalue weighted by molar-refractivity contribution is 5.85. The normalized spacial score (nSPS) is 17.2. The largest absolute Gasteiger partial charge is 0.389 e. The van der Waals surface area contributed by atoms with Crippen molar-refractivity contribution in [3.05, 3.63) is 0 Å². The molecule has 1 aliphatic rings. The minimum absolute atomic E-state index is 0. The molecule has 7 heteroatoms. The second-order valence-corrected chi connectivity index (χ2v) is 4.83. The summed E-state index contributed by atoms with van der Waals surface area (Å²) in [6, 6.07) is 0. The van der Waals surface area contributed by atoms with E-state index >= 15 is 0 Å². The van der Waals surface area contributed by atoms with Gasteiger partial charge in [-0.15, -0.1) is 12.4 Å². The number of nitrogens with one attached hydrogen (secondary N) is 1. The number of likely N-dealkylation sites (tertiary alicyclic amines) is 1. The first-order chi connectivity index (χ1) is 8.42. The third-order valence-electron chi connectivity index (χ3n) is 3.39. The van der Waals surface area contributed by atoms with Crippen LogP contribution in [0.1, 0.15) is 32.1 Å². The first kappa shape index (κ1) is 18.5. The smallest absolute Gasteiger partial charge is 0.343 e. The fraction of sp³-hybridized carbons (Fsp3) is 0.917. The zero-order valence-corrected chi connectivity index (χ0v) is 11.9. The van der Waals surface area contributed by atoms with E-state index in [1.54, 1.807) is 4.90 Å². The minimum Gasteiger partial charge on any atom is -0.343 e. The minimum atomic E-state index is -4.24. The lowest BCUT2D eigenvalue weighted by Crippen LogP contribution is -2.39. The second kappa shape index (κ2) is 8.64. The Bertz CT molecular complexity index is 266. The maximum Gasteiger partial charge on any atom is 0.389 e. The molecule has 0 aromatic carbocycles. The number of carbonyl (C=O) groups is 1. The average Bonchev–Trinajstić information content (AvgIpc) is 2.33. The predicted octanol–water partition coefficient (Wildman–Crippen LogP) is 2.60. The molecule has 1 N–H and O–H groups in total. The zero-order chi connectivity index (χ0) is 13.6. The van der Waals surface area contributed by atoms with Crippen molar-refractivity contribution in [1.29, 1.82) is 0 Å². The summed E-state index contributed by atoms with van der Waals surface area (Å²) in [5, 5.41) is 3.08. The molecule has 0 aliphatic carbocycles. The number of hydrogen-bond donors (Lipinski definition) is 1. The maximum absolute atomic E-state index is 12.0. The van der Waals surface area contributed by atoms with E-state index in [4.69, 9.17) is 0 Å². The van der Waals surface area contributed by atoms with Crippen LogP contribution in [0.2, 0.25) is 0 Å².